The van der Waals surface area contributed by atoms with Gasteiger partial charge in [-0.3, -0.25) is 4.79 Å². The van der Waals surface area contributed by atoms with E-state index in [2.05, 4.69) is 22.1 Å². The van der Waals surface area contributed by atoms with Crippen LogP contribution in [0.15, 0.2) is 77.8 Å². The fraction of sp³-hybridized carbons (Fsp3) is 0.233. The molecule has 0 saturated heterocycles. The number of H-pyrrole nitrogens is 1. The number of para-hydroxylation sites is 1. The minimum atomic E-state index is -0.451. The standard InChI is InChI=1S/C30H30N2O3S/c1-20(2)35-29-15-12-22(9-8-21-10-13-25(36-3)14-11-21)16-27(29)30(34)32-24(19-33)17-23-18-31-28-7-5-4-6-26(23)28/h4-7,10-16,18,20,24,31,33H,17,19H2,1-3H3,(H,32,34)/t24-/m1/s1. The van der Waals surface area contributed by atoms with Crippen LogP contribution in [0, 0.1) is 11.8 Å². The van der Waals surface area contributed by atoms with Crippen LogP contribution in [-0.2, 0) is 6.42 Å². The van der Waals surface area contributed by atoms with E-state index in [4.69, 9.17) is 4.74 Å². The molecule has 4 rings (SSSR count). The summed E-state index contributed by atoms with van der Waals surface area (Å²) >= 11 is 1.69. The number of thioether (sulfide) groups is 1. The van der Waals surface area contributed by atoms with Crippen LogP contribution in [0.3, 0.4) is 0 Å². The number of aromatic amines is 1. The van der Waals surface area contributed by atoms with Gasteiger partial charge in [-0.2, -0.15) is 0 Å². The molecule has 6 heteroatoms. The van der Waals surface area contributed by atoms with E-state index >= 15 is 0 Å². The van der Waals surface area contributed by atoms with Gasteiger partial charge in [0.2, 0.25) is 0 Å². The number of hydrogen-bond donors (Lipinski definition) is 3. The first-order valence-corrected chi connectivity index (χ1v) is 13.1. The van der Waals surface area contributed by atoms with Crippen LogP contribution >= 0.6 is 11.8 Å². The Hall–Kier alpha value is -3.66. The number of benzene rings is 3. The van der Waals surface area contributed by atoms with E-state index in [0.717, 1.165) is 22.0 Å². The van der Waals surface area contributed by atoms with Gasteiger partial charge in [-0.15, -0.1) is 11.8 Å². The number of carbonyl (C=O) groups excluding carboxylic acids is 1. The van der Waals surface area contributed by atoms with E-state index in [-0.39, 0.29) is 18.6 Å². The number of aliphatic hydroxyl groups is 1. The fourth-order valence-electron chi connectivity index (χ4n) is 3.95. The van der Waals surface area contributed by atoms with Crippen LogP contribution in [0.1, 0.15) is 40.9 Å². The number of aliphatic hydroxyl groups excluding tert-OH is 1. The zero-order valence-corrected chi connectivity index (χ0v) is 21.5. The van der Waals surface area contributed by atoms with Gasteiger partial charge in [0.25, 0.3) is 5.91 Å². The summed E-state index contributed by atoms with van der Waals surface area (Å²) in [5.74, 6) is 6.49. The van der Waals surface area contributed by atoms with E-state index in [0.29, 0.717) is 23.3 Å². The Labute approximate surface area is 216 Å². The van der Waals surface area contributed by atoms with Crippen LogP contribution in [0.25, 0.3) is 10.9 Å². The number of amides is 1. The molecule has 1 heterocycles. The van der Waals surface area contributed by atoms with E-state index in [1.54, 1.807) is 23.9 Å². The number of ether oxygens (including phenoxy) is 1. The summed E-state index contributed by atoms with van der Waals surface area (Å²) < 4.78 is 5.91. The number of carbonyl (C=O) groups is 1. The minimum absolute atomic E-state index is 0.0942. The summed E-state index contributed by atoms with van der Waals surface area (Å²) in [6, 6.07) is 21.0. The monoisotopic (exact) mass is 498 g/mol. The number of hydrogen-bond acceptors (Lipinski definition) is 4. The second-order valence-electron chi connectivity index (χ2n) is 8.77. The molecule has 5 nitrogen and oxygen atoms in total. The SMILES string of the molecule is CSc1ccc(C#Cc2ccc(OC(C)C)c(C(=O)N[C@@H](CO)Cc3c[nH]c4ccccc34)c2)cc1. The highest BCUT2D eigenvalue weighted by Gasteiger charge is 2.19. The van der Waals surface area contributed by atoms with Gasteiger partial charge in [-0.05, 0) is 80.6 Å². The molecule has 0 aliphatic carbocycles. The molecule has 1 aromatic heterocycles. The highest BCUT2D eigenvalue weighted by atomic mass is 32.2. The molecule has 3 N–H and O–H groups in total. The lowest BCUT2D eigenvalue weighted by molar-refractivity contribution is 0.0910. The quantitative estimate of drug-likeness (QED) is 0.224. The first-order chi connectivity index (χ1) is 17.5. The van der Waals surface area contributed by atoms with E-state index in [1.807, 2.05) is 80.9 Å². The highest BCUT2D eigenvalue weighted by Crippen LogP contribution is 2.23. The van der Waals surface area contributed by atoms with Gasteiger partial charge in [-0.25, -0.2) is 0 Å². The van der Waals surface area contributed by atoms with Gasteiger partial charge in [0.15, 0.2) is 0 Å². The Bertz CT molecular complexity index is 1400. The molecule has 4 aromatic rings. The van der Waals surface area contributed by atoms with Crippen LogP contribution in [0.5, 0.6) is 5.75 Å². The molecule has 0 radical (unpaired) electrons. The van der Waals surface area contributed by atoms with Crippen LogP contribution in [0.4, 0.5) is 0 Å². The Balaban J connectivity index is 1.56. The van der Waals surface area contributed by atoms with Crippen molar-refractivity contribution in [1.29, 1.82) is 0 Å². The second-order valence-corrected chi connectivity index (χ2v) is 9.65. The molecule has 1 atom stereocenters. The number of nitrogens with one attached hydrogen (secondary N) is 2. The molecule has 0 bridgehead atoms. The van der Waals surface area contributed by atoms with Crippen molar-refractivity contribution >= 4 is 28.6 Å². The van der Waals surface area contributed by atoms with E-state index in [9.17, 15) is 9.90 Å². The van der Waals surface area contributed by atoms with Gasteiger partial charge < -0.3 is 20.1 Å². The number of rotatable bonds is 8. The normalized spacial score (nSPS) is 11.7. The van der Waals surface area contributed by atoms with Crippen molar-refractivity contribution in [2.24, 2.45) is 0 Å². The average molecular weight is 499 g/mol. The highest BCUT2D eigenvalue weighted by molar-refractivity contribution is 7.98. The zero-order chi connectivity index (χ0) is 25.5. The second kappa shape index (κ2) is 11.9. The van der Waals surface area contributed by atoms with Crippen LogP contribution in [0.2, 0.25) is 0 Å². The molecule has 0 spiro atoms. The third-order valence-electron chi connectivity index (χ3n) is 5.72. The topological polar surface area (TPSA) is 74.3 Å². The summed E-state index contributed by atoms with van der Waals surface area (Å²) in [6.07, 6.45) is 4.37. The molecule has 0 fully saturated rings. The number of aromatic nitrogens is 1. The smallest absolute Gasteiger partial charge is 0.255 e. The summed E-state index contributed by atoms with van der Waals surface area (Å²) in [7, 11) is 0. The van der Waals surface area contributed by atoms with E-state index in [1.165, 1.54) is 4.90 Å². The van der Waals surface area contributed by atoms with Crippen molar-refractivity contribution in [3.8, 4) is 17.6 Å². The molecular formula is C30H30N2O3S. The first kappa shape index (κ1) is 25.4. The van der Waals surface area contributed by atoms with Crippen molar-refractivity contribution in [3.05, 3.63) is 95.2 Å². The molecule has 0 aliphatic heterocycles. The predicted octanol–water partition coefficient (Wildman–Crippen LogP) is 5.41. The molecular weight excluding hydrogens is 468 g/mol. The zero-order valence-electron chi connectivity index (χ0n) is 20.7. The molecule has 184 valence electrons. The first-order valence-electron chi connectivity index (χ1n) is 11.9. The lowest BCUT2D eigenvalue weighted by Gasteiger charge is -2.19. The molecule has 1 amide bonds. The maximum Gasteiger partial charge on any atom is 0.255 e. The third-order valence-corrected chi connectivity index (χ3v) is 6.47. The van der Waals surface area contributed by atoms with E-state index < -0.39 is 6.04 Å². The Morgan fingerprint density at radius 1 is 1.06 bits per heavy atom. The van der Waals surface area contributed by atoms with Crippen LogP contribution in [-0.4, -0.2) is 41.0 Å². The van der Waals surface area contributed by atoms with Gasteiger partial charge in [0.1, 0.15) is 5.75 Å². The lowest BCUT2D eigenvalue weighted by Crippen LogP contribution is -2.39. The molecule has 0 unspecified atom stereocenters. The maximum absolute atomic E-state index is 13.3. The minimum Gasteiger partial charge on any atom is -0.490 e. The fourth-order valence-corrected chi connectivity index (χ4v) is 4.36. The average Bonchev–Trinajstić information content (AvgIpc) is 3.30. The Morgan fingerprint density at radius 3 is 2.50 bits per heavy atom. The largest absolute Gasteiger partial charge is 0.490 e. The Morgan fingerprint density at radius 2 is 1.78 bits per heavy atom. The molecule has 3 aromatic carbocycles. The van der Waals surface area contributed by atoms with Crippen molar-refractivity contribution < 1.29 is 14.6 Å². The molecule has 0 saturated carbocycles. The summed E-state index contributed by atoms with van der Waals surface area (Å²) in [5, 5.41) is 14.1. The Kier molecular flexibility index (Phi) is 8.37. The summed E-state index contributed by atoms with van der Waals surface area (Å²) in [4.78, 5) is 17.8. The maximum atomic E-state index is 13.3. The van der Waals surface area contributed by atoms with Crippen molar-refractivity contribution in [1.82, 2.24) is 10.3 Å². The summed E-state index contributed by atoms with van der Waals surface area (Å²) in [5.41, 5.74) is 4.07. The van der Waals surface area contributed by atoms with Gasteiger partial charge in [0.05, 0.1) is 24.3 Å². The third kappa shape index (κ3) is 6.31. The van der Waals surface area contributed by atoms with Crippen molar-refractivity contribution in [2.45, 2.75) is 37.3 Å². The van der Waals surface area contributed by atoms with Gasteiger partial charge >= 0.3 is 0 Å². The lowest BCUT2D eigenvalue weighted by atomic mass is 10.0. The number of fused-ring (bicyclic) bond motifs is 1. The van der Waals surface area contributed by atoms with Gasteiger partial charge in [-0.1, -0.05) is 30.0 Å². The molecule has 36 heavy (non-hydrogen) atoms. The van der Waals surface area contributed by atoms with Crippen LogP contribution < -0.4 is 10.1 Å². The molecule has 0 aliphatic rings. The van der Waals surface area contributed by atoms with Crippen molar-refractivity contribution in [2.75, 3.05) is 12.9 Å². The van der Waals surface area contributed by atoms with Crippen molar-refractivity contribution in [3.63, 3.8) is 0 Å². The predicted molar refractivity (Wildman–Crippen MR) is 147 cm³/mol. The van der Waals surface area contributed by atoms with Gasteiger partial charge in [0, 0.05) is 33.1 Å². The summed E-state index contributed by atoms with van der Waals surface area (Å²) in [6.45, 7) is 3.65.